The zero-order valence-electron chi connectivity index (χ0n) is 16.6. The van der Waals surface area contributed by atoms with Crippen LogP contribution >= 0.6 is 0 Å². The normalized spacial score (nSPS) is 11.1. The van der Waals surface area contributed by atoms with Crippen molar-refractivity contribution in [1.82, 2.24) is 5.32 Å². The second-order valence-electron chi connectivity index (χ2n) is 7.29. The summed E-state index contributed by atoms with van der Waals surface area (Å²) in [6.45, 7) is 5.04. The van der Waals surface area contributed by atoms with Gasteiger partial charge in [-0.05, 0) is 35.9 Å². The summed E-state index contributed by atoms with van der Waals surface area (Å²) in [4.78, 5) is 0. The molecule has 0 fully saturated rings. The van der Waals surface area contributed by atoms with Crippen molar-refractivity contribution in [2.45, 2.75) is 71.1 Å². The van der Waals surface area contributed by atoms with Crippen molar-refractivity contribution >= 4 is 10.8 Å². The molecule has 1 N–H and O–H groups in total. The van der Waals surface area contributed by atoms with Crippen LogP contribution < -0.4 is 10.1 Å². The van der Waals surface area contributed by atoms with E-state index in [0.717, 1.165) is 25.4 Å². The molecule has 0 unspecified atom stereocenters. The molecule has 0 spiro atoms. The molecular weight excluding hydrogens is 318 g/mol. The first-order chi connectivity index (χ1) is 12.9. The summed E-state index contributed by atoms with van der Waals surface area (Å²) < 4.78 is 5.85. The lowest BCUT2D eigenvalue weighted by atomic mass is 10.1. The zero-order valence-corrected chi connectivity index (χ0v) is 16.6. The standard InChI is InChI=1S/C24H37NO/c1-2-3-4-5-6-7-8-9-10-13-18-25-19-20-26-24-17-16-22-14-11-12-15-23(22)21-24/h11-12,14-17,21,25H,2-10,13,18-20H2,1H3. The van der Waals surface area contributed by atoms with Gasteiger partial charge in [0.15, 0.2) is 0 Å². The van der Waals surface area contributed by atoms with Crippen molar-refractivity contribution in [2.75, 3.05) is 19.7 Å². The van der Waals surface area contributed by atoms with E-state index in [1.54, 1.807) is 0 Å². The minimum atomic E-state index is 0.732. The van der Waals surface area contributed by atoms with E-state index < -0.39 is 0 Å². The van der Waals surface area contributed by atoms with Gasteiger partial charge in [0.1, 0.15) is 12.4 Å². The Hall–Kier alpha value is -1.54. The van der Waals surface area contributed by atoms with Gasteiger partial charge in [0, 0.05) is 6.54 Å². The van der Waals surface area contributed by atoms with Crippen molar-refractivity contribution < 1.29 is 4.74 Å². The fourth-order valence-electron chi connectivity index (χ4n) is 3.36. The molecule has 0 radical (unpaired) electrons. The monoisotopic (exact) mass is 355 g/mol. The Balaban J connectivity index is 1.40. The van der Waals surface area contributed by atoms with Crippen LogP contribution in [0.1, 0.15) is 71.1 Å². The van der Waals surface area contributed by atoms with Crippen LogP contribution in [0.25, 0.3) is 10.8 Å². The second-order valence-corrected chi connectivity index (χ2v) is 7.29. The highest BCUT2D eigenvalue weighted by Gasteiger charge is 1.97. The van der Waals surface area contributed by atoms with Crippen LogP contribution in [0.4, 0.5) is 0 Å². The molecule has 0 aliphatic rings. The third kappa shape index (κ3) is 8.71. The highest BCUT2D eigenvalue weighted by atomic mass is 16.5. The van der Waals surface area contributed by atoms with E-state index in [9.17, 15) is 0 Å². The van der Waals surface area contributed by atoms with Gasteiger partial charge < -0.3 is 10.1 Å². The van der Waals surface area contributed by atoms with E-state index in [1.807, 2.05) is 0 Å². The largest absolute Gasteiger partial charge is 0.492 e. The Morgan fingerprint density at radius 1 is 0.692 bits per heavy atom. The molecule has 2 aromatic carbocycles. The Morgan fingerprint density at radius 2 is 1.35 bits per heavy atom. The first-order valence-corrected chi connectivity index (χ1v) is 10.7. The van der Waals surface area contributed by atoms with Crippen molar-refractivity contribution in [3.05, 3.63) is 42.5 Å². The van der Waals surface area contributed by atoms with Crippen molar-refractivity contribution in [3.63, 3.8) is 0 Å². The number of unbranched alkanes of at least 4 members (excludes halogenated alkanes) is 9. The van der Waals surface area contributed by atoms with E-state index in [0.29, 0.717) is 0 Å². The topological polar surface area (TPSA) is 21.3 Å². The number of hydrogen-bond donors (Lipinski definition) is 1. The van der Waals surface area contributed by atoms with Gasteiger partial charge in [-0.1, -0.05) is 95.0 Å². The van der Waals surface area contributed by atoms with Crippen LogP contribution in [0.2, 0.25) is 0 Å². The summed E-state index contributed by atoms with van der Waals surface area (Å²) in [6.07, 6.45) is 13.9. The van der Waals surface area contributed by atoms with E-state index in [-0.39, 0.29) is 0 Å². The summed E-state index contributed by atoms with van der Waals surface area (Å²) in [6, 6.07) is 14.7. The summed E-state index contributed by atoms with van der Waals surface area (Å²) >= 11 is 0. The Bertz CT molecular complexity index is 596. The molecule has 2 heteroatoms. The number of hydrogen-bond acceptors (Lipinski definition) is 2. The Kier molecular flexibility index (Phi) is 10.9. The summed E-state index contributed by atoms with van der Waals surface area (Å²) in [5.74, 6) is 0.962. The fourth-order valence-corrected chi connectivity index (χ4v) is 3.36. The highest BCUT2D eigenvalue weighted by molar-refractivity contribution is 5.83. The molecule has 2 rings (SSSR count). The second kappa shape index (κ2) is 13.6. The van der Waals surface area contributed by atoms with Gasteiger partial charge in [0.25, 0.3) is 0 Å². The van der Waals surface area contributed by atoms with Gasteiger partial charge in [0.05, 0.1) is 0 Å². The highest BCUT2D eigenvalue weighted by Crippen LogP contribution is 2.20. The molecule has 0 heterocycles. The van der Waals surface area contributed by atoms with E-state index in [1.165, 1.54) is 75.0 Å². The van der Waals surface area contributed by atoms with E-state index >= 15 is 0 Å². The summed E-state index contributed by atoms with van der Waals surface area (Å²) in [5, 5.41) is 6.00. The predicted molar refractivity (Wildman–Crippen MR) is 114 cm³/mol. The maximum absolute atomic E-state index is 5.85. The molecule has 0 atom stereocenters. The molecule has 0 aliphatic carbocycles. The Labute approximate surface area is 160 Å². The average Bonchev–Trinajstić information content (AvgIpc) is 2.68. The molecule has 0 bridgehead atoms. The van der Waals surface area contributed by atoms with Gasteiger partial charge >= 0.3 is 0 Å². The SMILES string of the molecule is CCCCCCCCCCCCNCCOc1ccc2ccccc2c1. The minimum absolute atomic E-state index is 0.732. The summed E-state index contributed by atoms with van der Waals surface area (Å²) in [5.41, 5.74) is 0. The van der Waals surface area contributed by atoms with Gasteiger partial charge in [0.2, 0.25) is 0 Å². The number of ether oxygens (including phenoxy) is 1. The average molecular weight is 356 g/mol. The van der Waals surface area contributed by atoms with Crippen LogP contribution in [0.15, 0.2) is 42.5 Å². The first kappa shape index (κ1) is 20.8. The molecule has 0 aromatic heterocycles. The number of benzene rings is 2. The first-order valence-electron chi connectivity index (χ1n) is 10.7. The van der Waals surface area contributed by atoms with Crippen LogP contribution in [-0.2, 0) is 0 Å². The van der Waals surface area contributed by atoms with Crippen molar-refractivity contribution in [1.29, 1.82) is 0 Å². The molecule has 0 saturated carbocycles. The van der Waals surface area contributed by atoms with Gasteiger partial charge in [-0.2, -0.15) is 0 Å². The van der Waals surface area contributed by atoms with Crippen LogP contribution in [0.5, 0.6) is 5.75 Å². The fraction of sp³-hybridized carbons (Fsp3) is 0.583. The maximum Gasteiger partial charge on any atom is 0.120 e. The third-order valence-corrected chi connectivity index (χ3v) is 4.98. The number of nitrogens with one attached hydrogen (secondary N) is 1. The quantitative estimate of drug-likeness (QED) is 0.358. The molecule has 2 nitrogen and oxygen atoms in total. The van der Waals surface area contributed by atoms with Crippen molar-refractivity contribution in [3.8, 4) is 5.75 Å². The minimum Gasteiger partial charge on any atom is -0.492 e. The zero-order chi connectivity index (χ0) is 18.3. The maximum atomic E-state index is 5.85. The van der Waals surface area contributed by atoms with Crippen molar-refractivity contribution in [2.24, 2.45) is 0 Å². The lowest BCUT2D eigenvalue weighted by Gasteiger charge is -2.08. The van der Waals surface area contributed by atoms with E-state index in [2.05, 4.69) is 54.7 Å². The van der Waals surface area contributed by atoms with Gasteiger partial charge in [-0.15, -0.1) is 0 Å². The molecular formula is C24H37NO. The van der Waals surface area contributed by atoms with Gasteiger partial charge in [-0.25, -0.2) is 0 Å². The van der Waals surface area contributed by atoms with Gasteiger partial charge in [-0.3, -0.25) is 0 Å². The molecule has 144 valence electrons. The smallest absolute Gasteiger partial charge is 0.120 e. The van der Waals surface area contributed by atoms with E-state index in [4.69, 9.17) is 4.74 Å². The molecule has 0 saturated heterocycles. The Morgan fingerprint density at radius 3 is 2.08 bits per heavy atom. The molecule has 0 amide bonds. The molecule has 2 aromatic rings. The lowest BCUT2D eigenvalue weighted by Crippen LogP contribution is -2.22. The van der Waals surface area contributed by atoms with Crippen LogP contribution in [-0.4, -0.2) is 19.7 Å². The number of rotatable bonds is 15. The molecule has 26 heavy (non-hydrogen) atoms. The van der Waals surface area contributed by atoms with Crippen LogP contribution in [0, 0.1) is 0 Å². The predicted octanol–water partition coefficient (Wildman–Crippen LogP) is 6.73. The number of fused-ring (bicyclic) bond motifs is 1. The third-order valence-electron chi connectivity index (χ3n) is 4.98. The van der Waals surface area contributed by atoms with Crippen LogP contribution in [0.3, 0.4) is 0 Å². The molecule has 0 aliphatic heterocycles. The summed E-state index contributed by atoms with van der Waals surface area (Å²) in [7, 11) is 0. The lowest BCUT2D eigenvalue weighted by molar-refractivity contribution is 0.314.